The number of nitrogens with one attached hydrogen (secondary N) is 5. The van der Waals surface area contributed by atoms with E-state index in [1.54, 1.807) is 18.3 Å². The van der Waals surface area contributed by atoms with E-state index in [4.69, 9.17) is 5.11 Å². The molecule has 294 valence electrons. The molecule has 1 aliphatic carbocycles. The first-order chi connectivity index (χ1) is 26.4. The summed E-state index contributed by atoms with van der Waals surface area (Å²) in [7, 11) is 0. The molecule has 1 aromatic heterocycles. The van der Waals surface area contributed by atoms with Gasteiger partial charge in [-0.05, 0) is 85.8 Å². The predicted molar refractivity (Wildman–Crippen MR) is 200 cm³/mol. The maximum atomic E-state index is 13.5. The Morgan fingerprint density at radius 1 is 0.727 bits per heavy atom. The molecule has 3 aromatic rings. The number of carboxylic acid groups (broad SMARTS) is 3. The number of hydrogen-bond donors (Lipinski definition) is 8. The van der Waals surface area contributed by atoms with E-state index >= 15 is 0 Å². The van der Waals surface area contributed by atoms with Crippen LogP contribution >= 0.6 is 0 Å². The number of aromatic nitrogens is 1. The van der Waals surface area contributed by atoms with Gasteiger partial charge >= 0.3 is 23.9 Å². The van der Waals surface area contributed by atoms with Crippen molar-refractivity contribution in [2.75, 3.05) is 13.1 Å². The van der Waals surface area contributed by atoms with Crippen LogP contribution in [-0.2, 0) is 30.4 Å². The first-order valence-corrected chi connectivity index (χ1v) is 18.4. The maximum absolute atomic E-state index is 13.5. The lowest BCUT2D eigenvalue weighted by atomic mass is 9.81. The summed E-state index contributed by atoms with van der Waals surface area (Å²) < 4.78 is 0. The van der Waals surface area contributed by atoms with Crippen molar-refractivity contribution < 1.29 is 48.9 Å². The lowest BCUT2D eigenvalue weighted by Gasteiger charge is -2.29. The van der Waals surface area contributed by atoms with Crippen molar-refractivity contribution in [1.82, 2.24) is 31.6 Å². The van der Waals surface area contributed by atoms with Gasteiger partial charge in [0.2, 0.25) is 11.8 Å². The smallest absolute Gasteiger partial charge is 0.326 e. The fraction of sp³-hybridized carbons (Fsp3) is 0.436. The molecule has 55 heavy (non-hydrogen) atoms. The zero-order valence-corrected chi connectivity index (χ0v) is 30.4. The third kappa shape index (κ3) is 13.7. The quantitative estimate of drug-likeness (QED) is 0.0778. The van der Waals surface area contributed by atoms with Gasteiger partial charge in [-0.3, -0.25) is 24.2 Å². The molecular weight excluding hydrogens is 712 g/mol. The van der Waals surface area contributed by atoms with Gasteiger partial charge in [-0.1, -0.05) is 42.5 Å². The highest BCUT2D eigenvalue weighted by molar-refractivity contribution is 5.94. The molecule has 0 saturated heterocycles. The van der Waals surface area contributed by atoms with Crippen LogP contribution in [0.1, 0.15) is 73.7 Å². The first kappa shape index (κ1) is 41.7. The Labute approximate surface area is 317 Å². The number of nitrogens with zero attached hydrogens (tertiary/aromatic N) is 1. The highest BCUT2D eigenvalue weighted by Gasteiger charge is 2.30. The van der Waals surface area contributed by atoms with Gasteiger partial charge in [-0.2, -0.15) is 0 Å². The summed E-state index contributed by atoms with van der Waals surface area (Å²) >= 11 is 0. The average molecular weight is 761 g/mol. The maximum Gasteiger partial charge on any atom is 0.326 e. The molecule has 1 heterocycles. The van der Waals surface area contributed by atoms with Gasteiger partial charge in [0.15, 0.2) is 0 Å². The molecule has 0 aliphatic heterocycles. The zero-order valence-electron chi connectivity index (χ0n) is 30.4. The van der Waals surface area contributed by atoms with Crippen molar-refractivity contribution in [3.8, 4) is 0 Å². The number of amides is 5. The van der Waals surface area contributed by atoms with Crippen LogP contribution in [-0.4, -0.2) is 93.2 Å². The van der Waals surface area contributed by atoms with Crippen molar-refractivity contribution in [2.24, 2.45) is 11.8 Å². The molecule has 0 bridgehead atoms. The third-order valence-electron chi connectivity index (χ3n) is 9.65. The molecule has 4 rings (SSSR count). The van der Waals surface area contributed by atoms with E-state index in [-0.39, 0.29) is 55.9 Å². The fourth-order valence-corrected chi connectivity index (χ4v) is 6.51. The predicted octanol–water partition coefficient (Wildman–Crippen LogP) is 2.86. The van der Waals surface area contributed by atoms with Crippen LogP contribution in [0, 0.1) is 11.8 Å². The number of rotatable bonds is 20. The van der Waals surface area contributed by atoms with Crippen LogP contribution in [0.3, 0.4) is 0 Å². The van der Waals surface area contributed by atoms with Gasteiger partial charge in [0.05, 0.1) is 5.56 Å². The molecule has 1 saturated carbocycles. The van der Waals surface area contributed by atoms with E-state index in [1.165, 1.54) is 6.20 Å². The average Bonchev–Trinajstić information content (AvgIpc) is 3.17. The molecule has 0 spiro atoms. The Bertz CT molecular complexity index is 1810. The van der Waals surface area contributed by atoms with Crippen molar-refractivity contribution in [2.45, 2.75) is 82.3 Å². The molecule has 3 atom stereocenters. The Morgan fingerprint density at radius 3 is 2.07 bits per heavy atom. The number of unbranched alkanes of at least 4 members (excludes halogenated alkanes) is 1. The van der Waals surface area contributed by atoms with Gasteiger partial charge in [0, 0.05) is 44.2 Å². The summed E-state index contributed by atoms with van der Waals surface area (Å²) in [5, 5.41) is 42.7. The Hall–Kier alpha value is -6.06. The number of aliphatic carboxylic acids is 3. The number of carbonyl (C=O) groups is 7. The highest BCUT2D eigenvalue weighted by Crippen LogP contribution is 2.29. The SMILES string of the molecule is O=C(O)CC[C@H](NC(=O)N[C@@H](CCCCNC(=O)[C@H](Cc1ccc2ccccc2c1)NC(=O)C1CCC(CNC(=O)c2cccnc2)CC1)C(=O)O)C(=O)O. The summed E-state index contributed by atoms with van der Waals surface area (Å²) in [6.45, 7) is 0.652. The Morgan fingerprint density at radius 2 is 1.42 bits per heavy atom. The van der Waals surface area contributed by atoms with Gasteiger partial charge in [0.25, 0.3) is 5.91 Å². The van der Waals surface area contributed by atoms with E-state index in [0.29, 0.717) is 31.4 Å². The number of pyridine rings is 1. The van der Waals surface area contributed by atoms with E-state index in [1.807, 2.05) is 42.5 Å². The minimum atomic E-state index is -1.52. The number of carboxylic acids is 3. The molecule has 1 aliphatic rings. The summed E-state index contributed by atoms with van der Waals surface area (Å²) in [6.07, 6.45) is 5.75. The number of benzene rings is 2. The second kappa shape index (κ2) is 21.0. The van der Waals surface area contributed by atoms with E-state index in [0.717, 1.165) is 29.2 Å². The van der Waals surface area contributed by atoms with Crippen LogP contribution in [0.25, 0.3) is 10.8 Å². The van der Waals surface area contributed by atoms with Crippen LogP contribution in [0.2, 0.25) is 0 Å². The van der Waals surface area contributed by atoms with Crippen molar-refractivity contribution in [3.05, 3.63) is 78.1 Å². The monoisotopic (exact) mass is 760 g/mol. The van der Waals surface area contributed by atoms with Crippen molar-refractivity contribution in [3.63, 3.8) is 0 Å². The standard InChI is InChI=1S/C39H48N6O10/c46-33(47)17-16-31(38(53)54)45-39(55)44-30(37(51)52)9-3-4-19-41-36(50)32(21-25-12-13-26-6-1-2-7-28(26)20-25)43-35(49)27-14-10-24(11-15-27)22-42-34(48)29-8-5-18-40-23-29/h1-2,5-8,12-13,18,20,23-24,27,30-32H,3-4,9-11,14-17,19,21-22H2,(H,41,50)(H,42,48)(H,43,49)(H,46,47)(H,51,52)(H,53,54)(H2,44,45,55)/t24?,27?,30-,31-,32-/m0/s1. The van der Waals surface area contributed by atoms with Crippen LogP contribution in [0.4, 0.5) is 4.79 Å². The van der Waals surface area contributed by atoms with Gasteiger partial charge in [0.1, 0.15) is 18.1 Å². The third-order valence-corrected chi connectivity index (χ3v) is 9.65. The van der Waals surface area contributed by atoms with Crippen molar-refractivity contribution in [1.29, 1.82) is 0 Å². The molecule has 16 nitrogen and oxygen atoms in total. The van der Waals surface area contributed by atoms with Crippen molar-refractivity contribution >= 4 is 52.4 Å². The van der Waals surface area contributed by atoms with E-state index in [9.17, 15) is 43.8 Å². The molecule has 2 aromatic carbocycles. The Balaban J connectivity index is 1.28. The van der Waals surface area contributed by atoms with Gasteiger partial charge < -0.3 is 41.9 Å². The van der Waals surface area contributed by atoms with Crippen LogP contribution in [0.15, 0.2) is 67.0 Å². The lowest BCUT2D eigenvalue weighted by Crippen LogP contribution is -2.51. The minimum absolute atomic E-state index is 0.0292. The van der Waals surface area contributed by atoms with E-state index < -0.39 is 54.4 Å². The summed E-state index contributed by atoms with van der Waals surface area (Å²) in [5.74, 6) is -4.94. The fourth-order valence-electron chi connectivity index (χ4n) is 6.51. The summed E-state index contributed by atoms with van der Waals surface area (Å²) in [6, 6.07) is 12.2. The second-order valence-electron chi connectivity index (χ2n) is 13.7. The second-order valence-corrected chi connectivity index (χ2v) is 13.7. The number of fused-ring (bicyclic) bond motifs is 1. The minimum Gasteiger partial charge on any atom is -0.481 e. The van der Waals surface area contributed by atoms with Gasteiger partial charge in [-0.25, -0.2) is 14.4 Å². The summed E-state index contributed by atoms with van der Waals surface area (Å²) in [5.41, 5.74) is 1.34. The highest BCUT2D eigenvalue weighted by atomic mass is 16.4. The number of carbonyl (C=O) groups excluding carboxylic acids is 4. The van der Waals surface area contributed by atoms with Gasteiger partial charge in [-0.15, -0.1) is 0 Å². The molecule has 16 heteroatoms. The lowest BCUT2D eigenvalue weighted by molar-refractivity contribution is -0.141. The molecule has 8 N–H and O–H groups in total. The molecule has 0 radical (unpaired) electrons. The first-order valence-electron chi connectivity index (χ1n) is 18.4. The molecule has 0 unspecified atom stereocenters. The Kier molecular flexibility index (Phi) is 15.9. The van der Waals surface area contributed by atoms with Crippen LogP contribution in [0.5, 0.6) is 0 Å². The van der Waals surface area contributed by atoms with E-state index in [2.05, 4.69) is 31.6 Å². The summed E-state index contributed by atoms with van der Waals surface area (Å²) in [4.78, 5) is 89.7. The zero-order chi connectivity index (χ0) is 39.7. The molecule has 1 fully saturated rings. The largest absolute Gasteiger partial charge is 0.481 e. The normalized spacial score (nSPS) is 16.8. The molecular formula is C39H48N6O10. The topological polar surface area (TPSA) is 253 Å². The van der Waals surface area contributed by atoms with Crippen LogP contribution < -0.4 is 26.6 Å². The molecule has 5 amide bonds. The number of urea groups is 1. The number of hydrogen-bond acceptors (Lipinski definition) is 8.